The summed E-state index contributed by atoms with van der Waals surface area (Å²) in [5.74, 6) is 2.34. The smallest absolute Gasteiger partial charge is 0.163 e. The molecule has 0 atom stereocenters. The van der Waals surface area contributed by atoms with Crippen molar-refractivity contribution in [2.24, 2.45) is 5.92 Å². The Balaban J connectivity index is 1.54. The second-order valence-corrected chi connectivity index (χ2v) is 8.28. The summed E-state index contributed by atoms with van der Waals surface area (Å²) in [6.07, 6.45) is 8.99. The molecule has 32 heavy (non-hydrogen) atoms. The summed E-state index contributed by atoms with van der Waals surface area (Å²) >= 11 is 0. The second-order valence-electron chi connectivity index (χ2n) is 8.28. The van der Waals surface area contributed by atoms with E-state index < -0.39 is 0 Å². The number of benzene rings is 1. The van der Waals surface area contributed by atoms with Gasteiger partial charge in [0.25, 0.3) is 0 Å². The highest BCUT2D eigenvalue weighted by Crippen LogP contribution is 2.37. The molecule has 1 aromatic carbocycles. The van der Waals surface area contributed by atoms with Crippen molar-refractivity contribution in [2.45, 2.75) is 12.8 Å². The number of ether oxygens (including phenoxy) is 2. The molecule has 2 N–H and O–H groups in total. The van der Waals surface area contributed by atoms with Gasteiger partial charge in [-0.25, -0.2) is 4.98 Å². The van der Waals surface area contributed by atoms with E-state index in [0.717, 1.165) is 47.6 Å². The van der Waals surface area contributed by atoms with Crippen LogP contribution in [-0.4, -0.2) is 58.7 Å². The molecule has 0 saturated carbocycles. The average Bonchev–Trinajstić information content (AvgIpc) is 2.83. The van der Waals surface area contributed by atoms with Crippen LogP contribution in [-0.2, 0) is 0 Å². The minimum atomic E-state index is 0.402. The number of anilines is 1. The first-order valence-electron chi connectivity index (χ1n) is 10.8. The number of hydrogen-bond acceptors (Lipinski definition) is 8. The first-order valence-corrected chi connectivity index (χ1v) is 10.8. The first-order chi connectivity index (χ1) is 15.6. The van der Waals surface area contributed by atoms with Crippen molar-refractivity contribution < 1.29 is 9.47 Å². The molecule has 5 rings (SSSR count). The fraction of sp³-hybridized carbons (Fsp3) is 0.333. The molecule has 3 aromatic heterocycles. The molecule has 0 aliphatic carbocycles. The number of hydrogen-bond donors (Lipinski definition) is 1. The third kappa shape index (κ3) is 3.89. The summed E-state index contributed by atoms with van der Waals surface area (Å²) in [7, 11) is 3.82. The predicted octanol–water partition coefficient (Wildman–Crippen LogP) is 3.55. The molecule has 0 spiro atoms. The Morgan fingerprint density at radius 3 is 2.56 bits per heavy atom. The molecule has 4 aromatic rings. The molecule has 0 bridgehead atoms. The van der Waals surface area contributed by atoms with E-state index in [2.05, 4.69) is 31.9 Å². The fourth-order valence-electron chi connectivity index (χ4n) is 4.21. The molecular formula is C24H26N6O2. The van der Waals surface area contributed by atoms with Gasteiger partial charge in [-0.15, -0.1) is 0 Å². The summed E-state index contributed by atoms with van der Waals surface area (Å²) in [4.78, 5) is 20.0. The molecule has 1 aliphatic rings. The van der Waals surface area contributed by atoms with E-state index in [4.69, 9.17) is 15.2 Å². The lowest BCUT2D eigenvalue weighted by atomic mass is 9.98. The number of nitrogens with zero attached hydrogens (tertiary/aromatic N) is 5. The highest BCUT2D eigenvalue weighted by Gasteiger charge is 2.19. The van der Waals surface area contributed by atoms with E-state index >= 15 is 0 Å². The molecule has 0 unspecified atom stereocenters. The summed E-state index contributed by atoms with van der Waals surface area (Å²) in [6.45, 7) is 2.90. The van der Waals surface area contributed by atoms with Crippen molar-refractivity contribution in [3.05, 3.63) is 43.0 Å². The van der Waals surface area contributed by atoms with Crippen molar-refractivity contribution in [2.75, 3.05) is 39.6 Å². The van der Waals surface area contributed by atoms with Crippen LogP contribution >= 0.6 is 0 Å². The lowest BCUT2D eigenvalue weighted by Crippen LogP contribution is -2.32. The maximum Gasteiger partial charge on any atom is 0.163 e. The van der Waals surface area contributed by atoms with Gasteiger partial charge in [-0.2, -0.15) is 0 Å². The molecule has 0 amide bonds. The number of pyridine rings is 2. The summed E-state index contributed by atoms with van der Waals surface area (Å²) in [6, 6.07) is 5.88. The predicted molar refractivity (Wildman–Crippen MR) is 125 cm³/mol. The van der Waals surface area contributed by atoms with Crippen LogP contribution < -0.4 is 15.2 Å². The van der Waals surface area contributed by atoms with Crippen molar-refractivity contribution in [1.29, 1.82) is 0 Å². The zero-order chi connectivity index (χ0) is 22.1. The van der Waals surface area contributed by atoms with E-state index in [9.17, 15) is 0 Å². The maximum absolute atomic E-state index is 6.27. The highest BCUT2D eigenvalue weighted by atomic mass is 16.5. The SMILES string of the molecule is COc1cc2c(cc1OCC1CCN(C)CC1)ncc1c(N)nc(-c3cnccn3)cc12. The molecule has 1 fully saturated rings. The van der Waals surface area contributed by atoms with Crippen LogP contribution in [0.15, 0.2) is 43.0 Å². The number of fused-ring (bicyclic) bond motifs is 3. The Labute approximate surface area is 186 Å². The lowest BCUT2D eigenvalue weighted by molar-refractivity contribution is 0.157. The van der Waals surface area contributed by atoms with Gasteiger partial charge in [-0.1, -0.05) is 0 Å². The Morgan fingerprint density at radius 1 is 0.969 bits per heavy atom. The van der Waals surface area contributed by atoms with Crippen LogP contribution in [0, 0.1) is 5.92 Å². The Bertz CT molecular complexity index is 1260. The largest absolute Gasteiger partial charge is 0.493 e. The normalized spacial score (nSPS) is 15.3. The number of piperidine rings is 1. The van der Waals surface area contributed by atoms with Gasteiger partial charge in [0.2, 0.25) is 0 Å². The molecule has 8 nitrogen and oxygen atoms in total. The van der Waals surface area contributed by atoms with Gasteiger partial charge in [-0.05, 0) is 56.4 Å². The number of likely N-dealkylation sites (tertiary alicyclic amines) is 1. The van der Waals surface area contributed by atoms with Crippen LogP contribution in [0.4, 0.5) is 5.82 Å². The summed E-state index contributed by atoms with van der Waals surface area (Å²) in [5, 5.41) is 2.64. The van der Waals surface area contributed by atoms with Gasteiger partial charge < -0.3 is 20.1 Å². The molecular weight excluding hydrogens is 404 g/mol. The standard InChI is InChI=1S/C24H26N6O2/c1-30-7-3-15(4-8-30)14-32-23-11-19-17(10-22(23)31-2)16-9-20(21-13-26-5-6-27-21)29-24(25)18(16)12-28-19/h5-6,9-13,15H,3-4,7-8,14H2,1-2H3,(H2,25,29). The number of aromatic nitrogens is 4. The van der Waals surface area contributed by atoms with E-state index in [1.165, 1.54) is 0 Å². The van der Waals surface area contributed by atoms with Crippen molar-refractivity contribution >= 4 is 27.5 Å². The molecule has 0 radical (unpaired) electrons. The zero-order valence-electron chi connectivity index (χ0n) is 18.3. The Hall–Kier alpha value is -3.52. The first kappa shape index (κ1) is 20.4. The summed E-state index contributed by atoms with van der Waals surface area (Å²) in [5.41, 5.74) is 8.41. The van der Waals surface area contributed by atoms with Crippen LogP contribution in [0.25, 0.3) is 33.1 Å². The van der Waals surface area contributed by atoms with Gasteiger partial charge in [0, 0.05) is 35.4 Å². The van der Waals surface area contributed by atoms with Gasteiger partial charge in [0.1, 0.15) is 11.5 Å². The summed E-state index contributed by atoms with van der Waals surface area (Å²) < 4.78 is 11.9. The van der Waals surface area contributed by atoms with Crippen LogP contribution in [0.3, 0.4) is 0 Å². The van der Waals surface area contributed by atoms with Crippen LogP contribution in [0.2, 0.25) is 0 Å². The number of nitrogens with two attached hydrogens (primary N) is 1. The van der Waals surface area contributed by atoms with Crippen molar-refractivity contribution in [3.63, 3.8) is 0 Å². The highest BCUT2D eigenvalue weighted by molar-refractivity contribution is 6.10. The minimum Gasteiger partial charge on any atom is -0.493 e. The molecule has 8 heteroatoms. The maximum atomic E-state index is 6.27. The Kier molecular flexibility index (Phi) is 5.45. The number of nitrogen functional groups attached to an aromatic ring is 1. The molecule has 1 saturated heterocycles. The van der Waals surface area contributed by atoms with Crippen LogP contribution in [0.1, 0.15) is 12.8 Å². The van der Waals surface area contributed by atoms with E-state index in [-0.39, 0.29) is 0 Å². The van der Waals surface area contributed by atoms with E-state index in [1.807, 2.05) is 18.2 Å². The number of rotatable bonds is 5. The lowest BCUT2D eigenvalue weighted by Gasteiger charge is -2.28. The Morgan fingerprint density at radius 2 is 1.81 bits per heavy atom. The second kappa shape index (κ2) is 8.55. The van der Waals surface area contributed by atoms with Crippen molar-refractivity contribution in [1.82, 2.24) is 24.8 Å². The monoisotopic (exact) mass is 430 g/mol. The fourth-order valence-corrected chi connectivity index (χ4v) is 4.21. The quantitative estimate of drug-likeness (QED) is 0.480. The van der Waals surface area contributed by atoms with Gasteiger partial charge in [0.05, 0.1) is 31.1 Å². The van der Waals surface area contributed by atoms with E-state index in [1.54, 1.807) is 31.9 Å². The van der Waals surface area contributed by atoms with Crippen molar-refractivity contribution in [3.8, 4) is 22.9 Å². The molecule has 164 valence electrons. The molecule has 4 heterocycles. The third-order valence-electron chi connectivity index (χ3n) is 6.13. The van der Waals surface area contributed by atoms with Gasteiger partial charge in [-0.3, -0.25) is 15.0 Å². The average molecular weight is 431 g/mol. The molecule has 1 aliphatic heterocycles. The number of methoxy groups -OCH3 is 1. The van der Waals surface area contributed by atoms with Gasteiger partial charge >= 0.3 is 0 Å². The zero-order valence-corrected chi connectivity index (χ0v) is 18.3. The minimum absolute atomic E-state index is 0.402. The topological polar surface area (TPSA) is 99.3 Å². The van der Waals surface area contributed by atoms with Crippen LogP contribution in [0.5, 0.6) is 11.5 Å². The van der Waals surface area contributed by atoms with Gasteiger partial charge in [0.15, 0.2) is 11.5 Å². The van der Waals surface area contributed by atoms with E-state index in [0.29, 0.717) is 41.2 Å². The third-order valence-corrected chi connectivity index (χ3v) is 6.13.